The van der Waals surface area contributed by atoms with Crippen LogP contribution in [0.25, 0.3) is 11.3 Å². The van der Waals surface area contributed by atoms with Gasteiger partial charge in [0, 0.05) is 16.3 Å². The summed E-state index contributed by atoms with van der Waals surface area (Å²) in [5.74, 6) is -0.710. The molecule has 0 saturated heterocycles. The summed E-state index contributed by atoms with van der Waals surface area (Å²) in [6, 6.07) is 15.3. The highest BCUT2D eigenvalue weighted by Gasteiger charge is 2.10. The number of amides is 1. The second-order valence-electron chi connectivity index (χ2n) is 5.50. The minimum Gasteiger partial charge on any atom is -0.323 e. The maximum absolute atomic E-state index is 13.6. The van der Waals surface area contributed by atoms with Crippen LogP contribution in [-0.2, 0) is 4.79 Å². The average Bonchev–Trinajstić information content (AvgIpc) is 2.62. The highest BCUT2D eigenvalue weighted by atomic mass is 35.5. The number of nitrogens with zero attached hydrogens (tertiary/aromatic N) is 2. The smallest absolute Gasteiger partial charge is 0.234 e. The largest absolute Gasteiger partial charge is 0.323 e. The molecule has 0 saturated carbocycles. The normalized spacial score (nSPS) is 10.6. The molecule has 0 spiro atoms. The van der Waals surface area contributed by atoms with E-state index in [1.54, 1.807) is 24.3 Å². The molecule has 132 valence electrons. The standard InChI is InChI=1S/C19H15ClFN3OS/c1-12-10-17(13-6-8-14(20)9-7-13)24-19(22-12)26-11-18(25)23-16-5-3-2-4-15(16)21/h2-10H,11H2,1H3,(H,23,25). The third-order valence-corrected chi connectivity index (χ3v) is 4.55. The Labute approximate surface area is 159 Å². The van der Waals surface area contributed by atoms with Crippen molar-refractivity contribution in [1.82, 2.24) is 9.97 Å². The summed E-state index contributed by atoms with van der Waals surface area (Å²) >= 11 is 7.11. The summed E-state index contributed by atoms with van der Waals surface area (Å²) < 4.78 is 13.6. The van der Waals surface area contributed by atoms with Crippen LogP contribution in [-0.4, -0.2) is 21.6 Å². The van der Waals surface area contributed by atoms with E-state index in [-0.39, 0.29) is 17.3 Å². The number of carbonyl (C=O) groups excluding carboxylic acids is 1. The second kappa shape index (κ2) is 8.29. The molecule has 3 rings (SSSR count). The Bertz CT molecular complexity index is 934. The van der Waals surface area contributed by atoms with E-state index in [4.69, 9.17) is 11.6 Å². The van der Waals surface area contributed by atoms with Crippen molar-refractivity contribution in [2.24, 2.45) is 0 Å². The number of benzene rings is 2. The molecule has 1 aromatic heterocycles. The molecule has 0 atom stereocenters. The first-order valence-electron chi connectivity index (χ1n) is 7.80. The van der Waals surface area contributed by atoms with Gasteiger partial charge in [-0.15, -0.1) is 0 Å². The molecular formula is C19H15ClFN3OS. The summed E-state index contributed by atoms with van der Waals surface area (Å²) in [6.45, 7) is 1.87. The molecule has 7 heteroatoms. The van der Waals surface area contributed by atoms with Gasteiger partial charge < -0.3 is 5.32 Å². The van der Waals surface area contributed by atoms with Gasteiger partial charge in [-0.05, 0) is 37.3 Å². The first kappa shape index (κ1) is 18.4. The van der Waals surface area contributed by atoms with Crippen molar-refractivity contribution in [3.8, 4) is 11.3 Å². The van der Waals surface area contributed by atoms with Crippen LogP contribution in [0.2, 0.25) is 5.02 Å². The van der Waals surface area contributed by atoms with Gasteiger partial charge in [0.1, 0.15) is 5.82 Å². The minimum absolute atomic E-state index is 0.0812. The Kier molecular flexibility index (Phi) is 5.85. The van der Waals surface area contributed by atoms with Gasteiger partial charge in [0.25, 0.3) is 0 Å². The molecule has 1 amide bonds. The molecule has 4 nitrogen and oxygen atoms in total. The number of aryl methyl sites for hydroxylation is 1. The topological polar surface area (TPSA) is 54.9 Å². The van der Waals surface area contributed by atoms with Crippen molar-refractivity contribution in [3.63, 3.8) is 0 Å². The number of hydrogen-bond donors (Lipinski definition) is 1. The molecule has 0 aliphatic carbocycles. The van der Waals surface area contributed by atoms with Crippen LogP contribution in [0.1, 0.15) is 5.69 Å². The zero-order chi connectivity index (χ0) is 18.5. The molecule has 2 aromatic carbocycles. The molecule has 0 fully saturated rings. The van der Waals surface area contributed by atoms with Crippen molar-refractivity contribution in [3.05, 3.63) is 71.1 Å². The van der Waals surface area contributed by atoms with E-state index in [2.05, 4.69) is 15.3 Å². The Hall–Kier alpha value is -2.44. The van der Waals surface area contributed by atoms with E-state index in [0.29, 0.717) is 10.2 Å². The third-order valence-electron chi connectivity index (χ3n) is 3.45. The molecule has 26 heavy (non-hydrogen) atoms. The predicted octanol–water partition coefficient (Wildman–Crippen LogP) is 4.98. The fourth-order valence-corrected chi connectivity index (χ4v) is 3.08. The van der Waals surface area contributed by atoms with Crippen LogP contribution in [0.5, 0.6) is 0 Å². The maximum Gasteiger partial charge on any atom is 0.234 e. The van der Waals surface area contributed by atoms with Gasteiger partial charge in [-0.3, -0.25) is 4.79 Å². The lowest BCUT2D eigenvalue weighted by atomic mass is 10.1. The summed E-state index contributed by atoms with van der Waals surface area (Å²) in [5.41, 5.74) is 2.62. The number of para-hydroxylation sites is 1. The first-order valence-corrected chi connectivity index (χ1v) is 9.16. The number of rotatable bonds is 5. The molecule has 0 radical (unpaired) electrons. The lowest BCUT2D eigenvalue weighted by molar-refractivity contribution is -0.113. The van der Waals surface area contributed by atoms with Crippen LogP contribution >= 0.6 is 23.4 Å². The van der Waals surface area contributed by atoms with E-state index in [1.807, 2.05) is 25.1 Å². The zero-order valence-corrected chi connectivity index (χ0v) is 15.4. The number of carbonyl (C=O) groups is 1. The molecule has 1 N–H and O–H groups in total. The lowest BCUT2D eigenvalue weighted by Gasteiger charge is -2.07. The van der Waals surface area contributed by atoms with Crippen molar-refractivity contribution in [2.75, 3.05) is 11.1 Å². The van der Waals surface area contributed by atoms with E-state index < -0.39 is 5.82 Å². The minimum atomic E-state index is -0.470. The fourth-order valence-electron chi connectivity index (χ4n) is 2.25. The van der Waals surface area contributed by atoms with Crippen molar-refractivity contribution >= 4 is 35.0 Å². The molecule has 0 aliphatic rings. The quantitative estimate of drug-likeness (QED) is 0.495. The highest BCUT2D eigenvalue weighted by Crippen LogP contribution is 2.23. The van der Waals surface area contributed by atoms with Gasteiger partial charge in [-0.2, -0.15) is 0 Å². The molecule has 0 bridgehead atoms. The van der Waals surface area contributed by atoms with E-state index in [9.17, 15) is 9.18 Å². The number of hydrogen-bond acceptors (Lipinski definition) is 4. The van der Waals surface area contributed by atoms with Gasteiger partial charge >= 0.3 is 0 Å². The van der Waals surface area contributed by atoms with Crippen LogP contribution < -0.4 is 5.32 Å². The summed E-state index contributed by atoms with van der Waals surface area (Å²) in [5, 5.41) is 3.68. The Morgan fingerprint density at radius 3 is 2.62 bits per heavy atom. The molecule has 3 aromatic rings. The Balaban J connectivity index is 1.69. The maximum atomic E-state index is 13.6. The number of halogens is 2. The number of thioether (sulfide) groups is 1. The van der Waals surface area contributed by atoms with Gasteiger partial charge in [0.2, 0.25) is 5.91 Å². The number of nitrogens with one attached hydrogen (secondary N) is 1. The summed E-state index contributed by atoms with van der Waals surface area (Å²) in [6.07, 6.45) is 0. The molecule has 0 aliphatic heterocycles. The number of aromatic nitrogens is 2. The molecule has 1 heterocycles. The van der Waals surface area contributed by atoms with E-state index in [0.717, 1.165) is 17.0 Å². The Morgan fingerprint density at radius 1 is 1.15 bits per heavy atom. The first-order chi connectivity index (χ1) is 12.5. The van der Waals surface area contributed by atoms with Crippen LogP contribution in [0.4, 0.5) is 10.1 Å². The van der Waals surface area contributed by atoms with E-state index >= 15 is 0 Å². The van der Waals surface area contributed by atoms with Crippen LogP contribution in [0, 0.1) is 12.7 Å². The fraction of sp³-hybridized carbons (Fsp3) is 0.105. The van der Waals surface area contributed by atoms with Gasteiger partial charge in [0.05, 0.1) is 17.1 Å². The molecule has 0 unspecified atom stereocenters. The van der Waals surface area contributed by atoms with Crippen molar-refractivity contribution in [2.45, 2.75) is 12.1 Å². The second-order valence-corrected chi connectivity index (χ2v) is 6.88. The number of anilines is 1. The highest BCUT2D eigenvalue weighted by molar-refractivity contribution is 7.99. The zero-order valence-electron chi connectivity index (χ0n) is 13.9. The molecular weight excluding hydrogens is 373 g/mol. The monoisotopic (exact) mass is 387 g/mol. The third kappa shape index (κ3) is 4.80. The summed E-state index contributed by atoms with van der Waals surface area (Å²) in [7, 11) is 0. The SMILES string of the molecule is Cc1cc(-c2ccc(Cl)cc2)nc(SCC(=O)Nc2ccccc2F)n1. The predicted molar refractivity (Wildman–Crippen MR) is 103 cm³/mol. The van der Waals surface area contributed by atoms with Gasteiger partial charge in [-0.25, -0.2) is 14.4 Å². The van der Waals surface area contributed by atoms with Crippen molar-refractivity contribution < 1.29 is 9.18 Å². The lowest BCUT2D eigenvalue weighted by Crippen LogP contribution is -2.15. The summed E-state index contributed by atoms with van der Waals surface area (Å²) in [4.78, 5) is 20.9. The Morgan fingerprint density at radius 2 is 1.88 bits per heavy atom. The van der Waals surface area contributed by atoms with Gasteiger partial charge in [-0.1, -0.05) is 47.6 Å². The van der Waals surface area contributed by atoms with Crippen LogP contribution in [0.15, 0.2) is 59.8 Å². The average molecular weight is 388 g/mol. The van der Waals surface area contributed by atoms with Crippen LogP contribution in [0.3, 0.4) is 0 Å². The van der Waals surface area contributed by atoms with E-state index in [1.165, 1.54) is 23.9 Å². The van der Waals surface area contributed by atoms with Crippen molar-refractivity contribution in [1.29, 1.82) is 0 Å². The van der Waals surface area contributed by atoms with Gasteiger partial charge in [0.15, 0.2) is 5.16 Å².